The first-order valence-electron chi connectivity index (χ1n) is 9.64. The summed E-state index contributed by atoms with van der Waals surface area (Å²) in [6.45, 7) is 2.41. The van der Waals surface area contributed by atoms with Crippen LogP contribution in [0.25, 0.3) is 0 Å². The first kappa shape index (κ1) is 20.6. The summed E-state index contributed by atoms with van der Waals surface area (Å²) in [6.07, 6.45) is 1.43. The van der Waals surface area contributed by atoms with Crippen molar-refractivity contribution in [3.63, 3.8) is 0 Å². The van der Waals surface area contributed by atoms with E-state index < -0.39 is 10.0 Å². The highest BCUT2D eigenvalue weighted by Crippen LogP contribution is 2.33. The van der Waals surface area contributed by atoms with Gasteiger partial charge in [-0.1, -0.05) is 33.6 Å². The molecule has 3 aromatic rings. The number of anilines is 2. The summed E-state index contributed by atoms with van der Waals surface area (Å²) in [6, 6.07) is 19.4. The number of rotatable bonds is 4. The smallest absolute Gasteiger partial charge is 0.264 e. The molecule has 1 aliphatic rings. The van der Waals surface area contributed by atoms with E-state index >= 15 is 0 Å². The maximum absolute atomic E-state index is 13.2. The zero-order valence-electron chi connectivity index (χ0n) is 16.4. The van der Waals surface area contributed by atoms with Gasteiger partial charge in [0.1, 0.15) is 0 Å². The van der Waals surface area contributed by atoms with Crippen LogP contribution in [0.1, 0.15) is 27.9 Å². The van der Waals surface area contributed by atoms with Crippen LogP contribution in [0.3, 0.4) is 0 Å². The number of hydrogen-bond acceptors (Lipinski definition) is 3. The Morgan fingerprint density at radius 3 is 2.40 bits per heavy atom. The summed E-state index contributed by atoms with van der Waals surface area (Å²) in [5.74, 6) is -0.213. The van der Waals surface area contributed by atoms with E-state index in [1.54, 1.807) is 42.5 Å². The van der Waals surface area contributed by atoms with E-state index in [0.717, 1.165) is 27.7 Å². The minimum absolute atomic E-state index is 0.213. The van der Waals surface area contributed by atoms with Crippen molar-refractivity contribution in [2.45, 2.75) is 24.7 Å². The number of hydrogen-bond donors (Lipinski definition) is 1. The molecule has 154 valence electrons. The van der Waals surface area contributed by atoms with E-state index in [1.165, 1.54) is 4.31 Å². The Bertz CT molecular complexity index is 1190. The molecule has 0 atom stereocenters. The lowest BCUT2D eigenvalue weighted by atomic mass is 10.0. The van der Waals surface area contributed by atoms with E-state index in [0.29, 0.717) is 24.2 Å². The molecule has 3 aromatic carbocycles. The Kier molecular flexibility index (Phi) is 5.66. The van der Waals surface area contributed by atoms with E-state index in [9.17, 15) is 13.2 Å². The van der Waals surface area contributed by atoms with Gasteiger partial charge < -0.3 is 5.32 Å². The van der Waals surface area contributed by atoms with Crippen molar-refractivity contribution < 1.29 is 13.2 Å². The lowest BCUT2D eigenvalue weighted by Gasteiger charge is -2.30. The lowest BCUT2D eigenvalue weighted by Crippen LogP contribution is -2.35. The lowest BCUT2D eigenvalue weighted by molar-refractivity contribution is 0.102. The number of carbonyl (C=O) groups is 1. The van der Waals surface area contributed by atoms with Crippen LogP contribution >= 0.6 is 15.9 Å². The average molecular weight is 485 g/mol. The highest BCUT2D eigenvalue weighted by atomic mass is 79.9. The topological polar surface area (TPSA) is 66.5 Å². The number of benzene rings is 3. The molecule has 1 aliphatic heterocycles. The second kappa shape index (κ2) is 8.24. The van der Waals surface area contributed by atoms with Crippen molar-refractivity contribution in [3.8, 4) is 0 Å². The van der Waals surface area contributed by atoms with Crippen molar-refractivity contribution in [2.75, 3.05) is 16.2 Å². The van der Waals surface area contributed by atoms with Gasteiger partial charge in [-0.3, -0.25) is 9.10 Å². The summed E-state index contributed by atoms with van der Waals surface area (Å²) in [4.78, 5) is 12.9. The zero-order chi connectivity index (χ0) is 21.3. The van der Waals surface area contributed by atoms with Crippen LogP contribution < -0.4 is 9.62 Å². The van der Waals surface area contributed by atoms with E-state index in [2.05, 4.69) is 21.2 Å². The zero-order valence-corrected chi connectivity index (χ0v) is 18.8. The van der Waals surface area contributed by atoms with Gasteiger partial charge in [-0.2, -0.15) is 0 Å². The summed E-state index contributed by atoms with van der Waals surface area (Å²) >= 11 is 3.34. The Labute approximate surface area is 184 Å². The largest absolute Gasteiger partial charge is 0.322 e. The van der Waals surface area contributed by atoms with Crippen molar-refractivity contribution in [1.82, 2.24) is 0 Å². The molecule has 0 spiro atoms. The molecule has 0 radical (unpaired) electrons. The highest BCUT2D eigenvalue weighted by molar-refractivity contribution is 9.10. The Balaban J connectivity index is 1.61. The van der Waals surface area contributed by atoms with Crippen LogP contribution in [0.15, 0.2) is 76.1 Å². The summed E-state index contributed by atoms with van der Waals surface area (Å²) in [5, 5.41) is 2.89. The molecular formula is C23H21BrN2O3S. The number of aryl methyl sites for hydroxylation is 2. The predicted molar refractivity (Wildman–Crippen MR) is 123 cm³/mol. The molecule has 0 saturated heterocycles. The molecule has 0 fully saturated rings. The summed E-state index contributed by atoms with van der Waals surface area (Å²) in [5.41, 5.74) is 3.85. The minimum Gasteiger partial charge on any atom is -0.322 e. The standard InChI is InChI=1S/C23H21BrN2O3S/c1-16-4-9-20(10-5-16)25-23(27)18-6-13-22-17(15-18)3-2-14-26(22)30(28,29)21-11-7-19(24)8-12-21/h4-13,15H,2-3,14H2,1H3,(H,25,27). The van der Waals surface area contributed by atoms with Gasteiger partial charge in [0.05, 0.1) is 10.6 Å². The van der Waals surface area contributed by atoms with Crippen LogP contribution in [0, 0.1) is 6.92 Å². The monoisotopic (exact) mass is 484 g/mol. The SMILES string of the molecule is Cc1ccc(NC(=O)c2ccc3c(c2)CCCN3S(=O)(=O)c2ccc(Br)cc2)cc1. The predicted octanol–water partition coefficient (Wildman–Crippen LogP) is 5.15. The number of nitrogens with zero attached hydrogens (tertiary/aromatic N) is 1. The van der Waals surface area contributed by atoms with Crippen molar-refractivity contribution in [1.29, 1.82) is 0 Å². The number of sulfonamides is 1. The molecular weight excluding hydrogens is 464 g/mol. The Morgan fingerprint density at radius 2 is 1.70 bits per heavy atom. The van der Waals surface area contributed by atoms with Crippen molar-refractivity contribution in [3.05, 3.63) is 87.9 Å². The fourth-order valence-electron chi connectivity index (χ4n) is 3.53. The molecule has 7 heteroatoms. The number of fused-ring (bicyclic) bond motifs is 1. The van der Waals surface area contributed by atoms with Crippen LogP contribution in [-0.4, -0.2) is 20.9 Å². The molecule has 5 nitrogen and oxygen atoms in total. The maximum atomic E-state index is 13.2. The Hall–Kier alpha value is -2.64. The van der Waals surface area contributed by atoms with E-state index in [1.807, 2.05) is 31.2 Å². The van der Waals surface area contributed by atoms with Crippen LogP contribution in [-0.2, 0) is 16.4 Å². The minimum atomic E-state index is -3.67. The average Bonchev–Trinajstić information content (AvgIpc) is 2.74. The third-order valence-corrected chi connectivity index (χ3v) is 7.48. The molecule has 4 rings (SSSR count). The molecule has 0 bridgehead atoms. The summed E-state index contributed by atoms with van der Waals surface area (Å²) in [7, 11) is -3.67. The van der Waals surface area contributed by atoms with E-state index in [4.69, 9.17) is 0 Å². The van der Waals surface area contributed by atoms with Gasteiger partial charge in [0.15, 0.2) is 0 Å². The van der Waals surface area contributed by atoms with E-state index in [-0.39, 0.29) is 10.8 Å². The van der Waals surface area contributed by atoms with Gasteiger partial charge in [-0.15, -0.1) is 0 Å². The van der Waals surface area contributed by atoms with Crippen LogP contribution in [0.2, 0.25) is 0 Å². The molecule has 1 heterocycles. The quantitative estimate of drug-likeness (QED) is 0.556. The van der Waals surface area contributed by atoms with Gasteiger partial charge in [0, 0.05) is 22.3 Å². The molecule has 0 aromatic heterocycles. The van der Waals surface area contributed by atoms with Gasteiger partial charge >= 0.3 is 0 Å². The fourth-order valence-corrected chi connectivity index (χ4v) is 5.33. The number of nitrogens with one attached hydrogen (secondary N) is 1. The maximum Gasteiger partial charge on any atom is 0.264 e. The van der Waals surface area contributed by atoms with Gasteiger partial charge in [0.2, 0.25) is 0 Å². The number of halogens is 1. The molecule has 0 saturated carbocycles. The first-order valence-corrected chi connectivity index (χ1v) is 11.9. The van der Waals surface area contributed by atoms with Crippen molar-refractivity contribution in [2.24, 2.45) is 0 Å². The molecule has 1 amide bonds. The molecule has 0 aliphatic carbocycles. The number of amides is 1. The Morgan fingerprint density at radius 1 is 1.00 bits per heavy atom. The van der Waals surface area contributed by atoms with Gasteiger partial charge in [0.25, 0.3) is 15.9 Å². The van der Waals surface area contributed by atoms with Gasteiger partial charge in [-0.25, -0.2) is 8.42 Å². The summed E-state index contributed by atoms with van der Waals surface area (Å²) < 4.78 is 28.6. The number of carbonyl (C=O) groups excluding carboxylic acids is 1. The molecule has 30 heavy (non-hydrogen) atoms. The second-order valence-electron chi connectivity index (χ2n) is 7.30. The fraction of sp³-hybridized carbons (Fsp3) is 0.174. The molecule has 0 unspecified atom stereocenters. The van der Waals surface area contributed by atoms with Crippen molar-refractivity contribution >= 4 is 43.2 Å². The first-order chi connectivity index (χ1) is 14.3. The third-order valence-electron chi connectivity index (χ3n) is 5.13. The van der Waals surface area contributed by atoms with Crippen LogP contribution in [0.4, 0.5) is 11.4 Å². The highest BCUT2D eigenvalue weighted by Gasteiger charge is 2.29. The normalized spacial score (nSPS) is 13.6. The van der Waals surface area contributed by atoms with Crippen LogP contribution in [0.5, 0.6) is 0 Å². The third kappa shape index (κ3) is 4.13. The second-order valence-corrected chi connectivity index (χ2v) is 10.1. The van der Waals surface area contributed by atoms with Gasteiger partial charge in [-0.05, 0) is 79.9 Å². The molecule has 1 N–H and O–H groups in total.